The molecule has 4 nitrogen and oxygen atoms in total. The van der Waals surface area contributed by atoms with E-state index in [1.807, 2.05) is 0 Å². The van der Waals surface area contributed by atoms with Crippen LogP contribution in [0.5, 0.6) is 0 Å². The Balaban J connectivity index is 2.09. The van der Waals surface area contributed by atoms with Crippen molar-refractivity contribution in [3.63, 3.8) is 0 Å². The fourth-order valence-corrected chi connectivity index (χ4v) is 2.57. The van der Waals surface area contributed by atoms with Gasteiger partial charge in [-0.2, -0.15) is 0 Å². The van der Waals surface area contributed by atoms with E-state index in [0.717, 1.165) is 32.0 Å². The van der Waals surface area contributed by atoms with Crippen molar-refractivity contribution in [2.24, 2.45) is 16.6 Å². The maximum Gasteiger partial charge on any atom is 0.191 e. The van der Waals surface area contributed by atoms with Crippen LogP contribution in [0.3, 0.4) is 0 Å². The number of nitrogens with zero attached hydrogens (tertiary/aromatic N) is 3. The number of piperidine rings is 1. The van der Waals surface area contributed by atoms with Crippen molar-refractivity contribution in [1.82, 2.24) is 9.80 Å². The lowest BCUT2D eigenvalue weighted by molar-refractivity contribution is 0.190. The van der Waals surface area contributed by atoms with Crippen molar-refractivity contribution in [3.05, 3.63) is 0 Å². The number of unbranched alkanes of at least 4 members (excludes halogenated alkanes) is 1. The van der Waals surface area contributed by atoms with E-state index in [1.54, 1.807) is 0 Å². The van der Waals surface area contributed by atoms with Gasteiger partial charge in [-0.25, -0.2) is 0 Å². The third kappa shape index (κ3) is 6.28. The van der Waals surface area contributed by atoms with E-state index in [2.05, 4.69) is 35.6 Å². The van der Waals surface area contributed by atoms with Crippen LogP contribution in [0.2, 0.25) is 0 Å². The summed E-state index contributed by atoms with van der Waals surface area (Å²) in [5.41, 5.74) is 5.94. The summed E-state index contributed by atoms with van der Waals surface area (Å²) in [7, 11) is 0. The quantitative estimate of drug-likeness (QED) is 0.437. The summed E-state index contributed by atoms with van der Waals surface area (Å²) in [4.78, 5) is 9.16. The minimum absolute atomic E-state index is 0.705. The Bertz CT molecular complexity index is 253. The molecule has 1 heterocycles. The molecular weight excluding hydrogens is 236 g/mol. The summed E-state index contributed by atoms with van der Waals surface area (Å²) in [5, 5.41) is 0. The van der Waals surface area contributed by atoms with Crippen LogP contribution in [0.25, 0.3) is 0 Å². The van der Waals surface area contributed by atoms with Gasteiger partial charge >= 0.3 is 0 Å². The summed E-state index contributed by atoms with van der Waals surface area (Å²) in [6, 6.07) is 0. The van der Waals surface area contributed by atoms with Gasteiger partial charge < -0.3 is 15.5 Å². The van der Waals surface area contributed by atoms with E-state index < -0.39 is 0 Å². The first-order valence-corrected chi connectivity index (χ1v) is 7.94. The SMILES string of the molecule is CCN(CC)C(N)=NCCCCN1CCC(C)CC1. The Hall–Kier alpha value is -0.770. The predicted molar refractivity (Wildman–Crippen MR) is 83.5 cm³/mol. The van der Waals surface area contributed by atoms with Crippen molar-refractivity contribution in [1.29, 1.82) is 0 Å². The number of hydrogen-bond donors (Lipinski definition) is 1. The molecule has 0 aliphatic carbocycles. The molecule has 112 valence electrons. The Labute approximate surface area is 119 Å². The summed E-state index contributed by atoms with van der Waals surface area (Å²) >= 11 is 0. The fraction of sp³-hybridized carbons (Fsp3) is 0.933. The predicted octanol–water partition coefficient (Wildman–Crippen LogP) is 2.16. The highest BCUT2D eigenvalue weighted by atomic mass is 15.2. The normalized spacial score (nSPS) is 18.8. The molecule has 4 heteroatoms. The molecule has 1 aliphatic rings. The molecule has 1 aliphatic heterocycles. The molecule has 2 N–H and O–H groups in total. The van der Waals surface area contributed by atoms with Crippen molar-refractivity contribution in [3.8, 4) is 0 Å². The molecule has 0 bridgehead atoms. The molecule has 0 radical (unpaired) electrons. The Morgan fingerprint density at radius 3 is 2.42 bits per heavy atom. The lowest BCUT2D eigenvalue weighted by atomic mass is 9.99. The highest BCUT2D eigenvalue weighted by Gasteiger charge is 2.14. The summed E-state index contributed by atoms with van der Waals surface area (Å²) < 4.78 is 0. The summed E-state index contributed by atoms with van der Waals surface area (Å²) in [6.07, 6.45) is 5.12. The molecule has 19 heavy (non-hydrogen) atoms. The molecule has 0 amide bonds. The van der Waals surface area contributed by atoms with Gasteiger partial charge in [0.05, 0.1) is 0 Å². The highest BCUT2D eigenvalue weighted by molar-refractivity contribution is 5.77. The minimum Gasteiger partial charge on any atom is -0.370 e. The van der Waals surface area contributed by atoms with Gasteiger partial charge in [-0.3, -0.25) is 4.99 Å². The van der Waals surface area contributed by atoms with Gasteiger partial charge in [0.25, 0.3) is 0 Å². The highest BCUT2D eigenvalue weighted by Crippen LogP contribution is 2.16. The smallest absolute Gasteiger partial charge is 0.191 e. The maximum atomic E-state index is 5.94. The number of rotatable bonds is 7. The molecule has 0 aromatic rings. The van der Waals surface area contributed by atoms with Crippen LogP contribution in [0.15, 0.2) is 4.99 Å². The van der Waals surface area contributed by atoms with E-state index >= 15 is 0 Å². The average molecular weight is 268 g/mol. The van der Waals surface area contributed by atoms with E-state index in [1.165, 1.54) is 38.9 Å². The summed E-state index contributed by atoms with van der Waals surface area (Å²) in [6.45, 7) is 13.1. The lowest BCUT2D eigenvalue weighted by Gasteiger charge is -2.30. The zero-order chi connectivity index (χ0) is 14.1. The Kier molecular flexibility index (Phi) is 7.87. The topological polar surface area (TPSA) is 44.9 Å². The lowest BCUT2D eigenvalue weighted by Crippen LogP contribution is -2.37. The van der Waals surface area contributed by atoms with Gasteiger partial charge in [0, 0.05) is 19.6 Å². The maximum absolute atomic E-state index is 5.94. The molecule has 0 aromatic heterocycles. The molecular formula is C15H32N4. The van der Waals surface area contributed by atoms with Crippen molar-refractivity contribution < 1.29 is 0 Å². The van der Waals surface area contributed by atoms with Crippen LogP contribution < -0.4 is 5.73 Å². The van der Waals surface area contributed by atoms with Crippen molar-refractivity contribution in [2.45, 2.75) is 46.5 Å². The molecule has 1 fully saturated rings. The monoisotopic (exact) mass is 268 g/mol. The third-order valence-electron chi connectivity index (χ3n) is 4.12. The average Bonchev–Trinajstić information content (AvgIpc) is 2.42. The molecule has 1 saturated heterocycles. The van der Waals surface area contributed by atoms with Crippen LogP contribution in [0, 0.1) is 5.92 Å². The van der Waals surface area contributed by atoms with Crippen LogP contribution in [0.4, 0.5) is 0 Å². The number of guanidine groups is 1. The zero-order valence-corrected chi connectivity index (χ0v) is 13.1. The third-order valence-corrected chi connectivity index (χ3v) is 4.12. The second-order valence-corrected chi connectivity index (χ2v) is 5.64. The van der Waals surface area contributed by atoms with Gasteiger partial charge in [0.2, 0.25) is 0 Å². The van der Waals surface area contributed by atoms with Crippen molar-refractivity contribution >= 4 is 5.96 Å². The first kappa shape index (κ1) is 16.3. The molecule has 0 unspecified atom stereocenters. The number of aliphatic imine (C=N–C) groups is 1. The minimum atomic E-state index is 0.705. The van der Waals surface area contributed by atoms with Crippen molar-refractivity contribution in [2.75, 3.05) is 39.3 Å². The molecule has 0 atom stereocenters. The molecule has 0 aromatic carbocycles. The first-order chi connectivity index (χ1) is 9.17. The fourth-order valence-electron chi connectivity index (χ4n) is 2.57. The second kappa shape index (κ2) is 9.18. The van der Waals surface area contributed by atoms with Crippen LogP contribution in [0.1, 0.15) is 46.5 Å². The zero-order valence-electron chi connectivity index (χ0n) is 13.1. The van der Waals surface area contributed by atoms with E-state index in [0.29, 0.717) is 5.96 Å². The molecule has 1 rings (SSSR count). The second-order valence-electron chi connectivity index (χ2n) is 5.64. The van der Waals surface area contributed by atoms with Crippen LogP contribution >= 0.6 is 0 Å². The van der Waals surface area contributed by atoms with Gasteiger partial charge in [0.1, 0.15) is 0 Å². The standard InChI is InChI=1S/C15H32N4/c1-4-19(5-2)15(16)17-10-6-7-11-18-12-8-14(3)9-13-18/h14H,4-13H2,1-3H3,(H2,16,17). The van der Waals surface area contributed by atoms with Crippen LogP contribution in [-0.4, -0.2) is 55.0 Å². The number of hydrogen-bond acceptors (Lipinski definition) is 2. The number of likely N-dealkylation sites (tertiary alicyclic amines) is 1. The van der Waals surface area contributed by atoms with E-state index in [4.69, 9.17) is 5.73 Å². The summed E-state index contributed by atoms with van der Waals surface area (Å²) in [5.74, 6) is 1.63. The Morgan fingerprint density at radius 2 is 1.84 bits per heavy atom. The Morgan fingerprint density at radius 1 is 1.21 bits per heavy atom. The largest absolute Gasteiger partial charge is 0.370 e. The van der Waals surface area contributed by atoms with E-state index in [-0.39, 0.29) is 0 Å². The van der Waals surface area contributed by atoms with Gasteiger partial charge in [-0.15, -0.1) is 0 Å². The number of nitrogens with two attached hydrogens (primary N) is 1. The van der Waals surface area contributed by atoms with E-state index in [9.17, 15) is 0 Å². The first-order valence-electron chi connectivity index (χ1n) is 7.94. The van der Waals surface area contributed by atoms with Gasteiger partial charge in [-0.05, 0) is 65.1 Å². The van der Waals surface area contributed by atoms with Gasteiger partial charge in [0.15, 0.2) is 5.96 Å². The van der Waals surface area contributed by atoms with Crippen LogP contribution in [-0.2, 0) is 0 Å². The molecule has 0 spiro atoms. The van der Waals surface area contributed by atoms with Gasteiger partial charge in [-0.1, -0.05) is 6.92 Å². The molecule has 0 saturated carbocycles.